The second-order valence-corrected chi connectivity index (χ2v) is 4.70. The highest BCUT2D eigenvalue weighted by atomic mass is 16.2. The maximum absolute atomic E-state index is 11.6. The van der Waals surface area contributed by atoms with E-state index in [1.54, 1.807) is 6.20 Å². The van der Waals surface area contributed by atoms with Gasteiger partial charge in [-0.1, -0.05) is 6.07 Å². The molecule has 1 aromatic heterocycles. The number of hydrogen-bond acceptors (Lipinski definition) is 4. The molecule has 0 spiro atoms. The van der Waals surface area contributed by atoms with Gasteiger partial charge in [0, 0.05) is 30.3 Å². The molecule has 0 atom stereocenters. The SMILES string of the molecule is O=C1CN(c2ccc(NCc3cccnc3)cc2)C(=O)N1. The summed E-state index contributed by atoms with van der Waals surface area (Å²) < 4.78 is 0. The molecule has 3 amide bonds. The standard InChI is InChI=1S/C15H14N4O2/c20-14-10-19(15(21)18-14)13-5-3-12(4-6-13)17-9-11-2-1-7-16-8-11/h1-8,17H,9-10H2,(H,18,20,21). The van der Waals surface area contributed by atoms with Gasteiger partial charge in [-0.05, 0) is 35.9 Å². The highest BCUT2D eigenvalue weighted by Gasteiger charge is 2.27. The number of hydrogen-bond donors (Lipinski definition) is 2. The third kappa shape index (κ3) is 3.00. The maximum Gasteiger partial charge on any atom is 0.329 e. The molecule has 0 bridgehead atoms. The Bertz CT molecular complexity index is 655. The normalized spacial score (nSPS) is 14.2. The summed E-state index contributed by atoms with van der Waals surface area (Å²) in [6, 6.07) is 10.9. The molecule has 106 valence electrons. The van der Waals surface area contributed by atoms with E-state index in [0.29, 0.717) is 12.2 Å². The highest BCUT2D eigenvalue weighted by molar-refractivity contribution is 6.12. The van der Waals surface area contributed by atoms with E-state index in [1.807, 2.05) is 42.6 Å². The van der Waals surface area contributed by atoms with Gasteiger partial charge in [0.05, 0.1) is 0 Å². The molecule has 3 rings (SSSR count). The Hall–Kier alpha value is -2.89. The Labute approximate surface area is 121 Å². The van der Waals surface area contributed by atoms with Crippen LogP contribution in [0.15, 0.2) is 48.8 Å². The summed E-state index contributed by atoms with van der Waals surface area (Å²) in [5.74, 6) is -0.279. The first-order valence-corrected chi connectivity index (χ1v) is 6.56. The van der Waals surface area contributed by atoms with E-state index in [0.717, 1.165) is 11.3 Å². The van der Waals surface area contributed by atoms with Gasteiger partial charge in [-0.3, -0.25) is 20.0 Å². The molecule has 6 nitrogen and oxygen atoms in total. The van der Waals surface area contributed by atoms with Crippen LogP contribution in [-0.2, 0) is 11.3 Å². The number of amides is 3. The molecule has 1 fully saturated rings. The minimum Gasteiger partial charge on any atom is -0.381 e. The molecule has 21 heavy (non-hydrogen) atoms. The van der Waals surface area contributed by atoms with Crippen molar-refractivity contribution in [3.8, 4) is 0 Å². The van der Waals surface area contributed by atoms with Gasteiger partial charge >= 0.3 is 6.03 Å². The van der Waals surface area contributed by atoms with Crippen LogP contribution in [0.5, 0.6) is 0 Å². The predicted molar refractivity (Wildman–Crippen MR) is 78.9 cm³/mol. The predicted octanol–water partition coefficient (Wildman–Crippen LogP) is 1.75. The fourth-order valence-corrected chi connectivity index (χ4v) is 2.12. The van der Waals surface area contributed by atoms with Crippen LogP contribution in [0.2, 0.25) is 0 Å². The summed E-state index contributed by atoms with van der Waals surface area (Å²) >= 11 is 0. The second kappa shape index (κ2) is 5.62. The first-order valence-electron chi connectivity index (χ1n) is 6.56. The number of benzene rings is 1. The van der Waals surface area contributed by atoms with Crippen LogP contribution in [0.3, 0.4) is 0 Å². The van der Waals surface area contributed by atoms with Gasteiger partial charge in [0.15, 0.2) is 0 Å². The number of nitrogens with one attached hydrogen (secondary N) is 2. The Morgan fingerprint density at radius 1 is 1.19 bits per heavy atom. The first kappa shape index (κ1) is 13.1. The summed E-state index contributed by atoms with van der Waals surface area (Å²) in [4.78, 5) is 28.2. The zero-order valence-corrected chi connectivity index (χ0v) is 11.2. The number of carbonyl (C=O) groups excluding carboxylic acids is 2. The lowest BCUT2D eigenvalue weighted by atomic mass is 10.2. The summed E-state index contributed by atoms with van der Waals surface area (Å²) in [6.07, 6.45) is 3.54. The number of urea groups is 1. The zero-order chi connectivity index (χ0) is 14.7. The lowest BCUT2D eigenvalue weighted by molar-refractivity contribution is -0.117. The Balaban J connectivity index is 1.64. The van der Waals surface area contributed by atoms with Crippen LogP contribution in [-0.4, -0.2) is 23.5 Å². The molecule has 2 heterocycles. The average Bonchev–Trinajstić information content (AvgIpc) is 2.85. The summed E-state index contributed by atoms with van der Waals surface area (Å²) in [5.41, 5.74) is 2.73. The number of imide groups is 1. The van der Waals surface area contributed by atoms with Gasteiger partial charge in [0.2, 0.25) is 5.91 Å². The second-order valence-electron chi connectivity index (χ2n) is 4.70. The van der Waals surface area contributed by atoms with E-state index in [1.165, 1.54) is 4.90 Å². The summed E-state index contributed by atoms with van der Waals surface area (Å²) in [5, 5.41) is 5.52. The van der Waals surface area contributed by atoms with Crippen molar-refractivity contribution in [2.75, 3.05) is 16.8 Å². The van der Waals surface area contributed by atoms with Gasteiger partial charge in [-0.2, -0.15) is 0 Å². The molecule has 1 aliphatic heterocycles. The minimum absolute atomic E-state index is 0.0707. The number of anilines is 2. The Morgan fingerprint density at radius 3 is 2.62 bits per heavy atom. The fourth-order valence-electron chi connectivity index (χ4n) is 2.12. The number of nitrogens with zero attached hydrogens (tertiary/aromatic N) is 2. The van der Waals surface area contributed by atoms with E-state index < -0.39 is 0 Å². The van der Waals surface area contributed by atoms with Crippen LogP contribution >= 0.6 is 0 Å². The molecule has 0 radical (unpaired) electrons. The van der Waals surface area contributed by atoms with Crippen molar-refractivity contribution in [2.45, 2.75) is 6.54 Å². The molecule has 0 aliphatic carbocycles. The van der Waals surface area contributed by atoms with E-state index >= 15 is 0 Å². The Kier molecular flexibility index (Phi) is 3.51. The van der Waals surface area contributed by atoms with Gasteiger partial charge in [0.25, 0.3) is 0 Å². The Morgan fingerprint density at radius 2 is 2.00 bits per heavy atom. The largest absolute Gasteiger partial charge is 0.381 e. The highest BCUT2D eigenvalue weighted by Crippen LogP contribution is 2.20. The van der Waals surface area contributed by atoms with Gasteiger partial charge in [0.1, 0.15) is 6.54 Å². The third-order valence-electron chi connectivity index (χ3n) is 3.19. The quantitative estimate of drug-likeness (QED) is 0.838. The van der Waals surface area contributed by atoms with Crippen LogP contribution < -0.4 is 15.5 Å². The van der Waals surface area contributed by atoms with Crippen molar-refractivity contribution in [2.24, 2.45) is 0 Å². The molecule has 0 saturated carbocycles. The van der Waals surface area contributed by atoms with E-state index in [-0.39, 0.29) is 18.5 Å². The molecule has 2 N–H and O–H groups in total. The molecule has 1 saturated heterocycles. The lowest BCUT2D eigenvalue weighted by Gasteiger charge is -2.14. The molecule has 2 aromatic rings. The number of rotatable bonds is 4. The molecular weight excluding hydrogens is 268 g/mol. The molecule has 1 aliphatic rings. The molecule has 6 heteroatoms. The molecule has 0 unspecified atom stereocenters. The topological polar surface area (TPSA) is 74.3 Å². The van der Waals surface area contributed by atoms with Crippen molar-refractivity contribution in [3.63, 3.8) is 0 Å². The van der Waals surface area contributed by atoms with Crippen molar-refractivity contribution in [3.05, 3.63) is 54.4 Å². The summed E-state index contributed by atoms with van der Waals surface area (Å²) in [6.45, 7) is 0.747. The van der Waals surface area contributed by atoms with Gasteiger partial charge in [-0.25, -0.2) is 4.79 Å². The molecular formula is C15H14N4O2. The van der Waals surface area contributed by atoms with Crippen molar-refractivity contribution < 1.29 is 9.59 Å². The average molecular weight is 282 g/mol. The maximum atomic E-state index is 11.6. The minimum atomic E-state index is -0.379. The van der Waals surface area contributed by atoms with Crippen molar-refractivity contribution >= 4 is 23.3 Å². The van der Waals surface area contributed by atoms with Gasteiger partial charge in [-0.15, -0.1) is 0 Å². The van der Waals surface area contributed by atoms with Crippen molar-refractivity contribution in [1.29, 1.82) is 0 Å². The van der Waals surface area contributed by atoms with Crippen LogP contribution in [0, 0.1) is 0 Å². The monoisotopic (exact) mass is 282 g/mol. The van der Waals surface area contributed by atoms with Gasteiger partial charge < -0.3 is 5.32 Å². The van der Waals surface area contributed by atoms with E-state index in [9.17, 15) is 9.59 Å². The van der Waals surface area contributed by atoms with Crippen LogP contribution in [0.25, 0.3) is 0 Å². The third-order valence-corrected chi connectivity index (χ3v) is 3.19. The fraction of sp³-hybridized carbons (Fsp3) is 0.133. The van der Waals surface area contributed by atoms with Crippen LogP contribution in [0.1, 0.15) is 5.56 Å². The summed E-state index contributed by atoms with van der Waals surface area (Å²) in [7, 11) is 0. The molecule has 1 aromatic carbocycles. The lowest BCUT2D eigenvalue weighted by Crippen LogP contribution is -2.27. The zero-order valence-electron chi connectivity index (χ0n) is 11.2. The number of pyridine rings is 1. The number of aromatic nitrogens is 1. The first-order chi connectivity index (χ1) is 10.2. The van der Waals surface area contributed by atoms with E-state index in [2.05, 4.69) is 15.6 Å². The van der Waals surface area contributed by atoms with E-state index in [4.69, 9.17) is 0 Å². The van der Waals surface area contributed by atoms with Crippen LogP contribution in [0.4, 0.5) is 16.2 Å². The smallest absolute Gasteiger partial charge is 0.329 e. The van der Waals surface area contributed by atoms with Crippen molar-refractivity contribution in [1.82, 2.24) is 10.3 Å². The number of carbonyl (C=O) groups is 2.